The van der Waals surface area contributed by atoms with Gasteiger partial charge in [-0.3, -0.25) is 4.79 Å². The van der Waals surface area contributed by atoms with Crippen molar-refractivity contribution < 1.29 is 9.90 Å². The number of aliphatic hydroxyl groups is 1. The second kappa shape index (κ2) is 10.2. The molecule has 3 aromatic carbocycles. The Bertz CT molecular complexity index is 1090. The Morgan fingerprint density at radius 1 is 0.939 bits per heavy atom. The average Bonchev–Trinajstić information content (AvgIpc) is 2.85. The maximum atomic E-state index is 13.1. The maximum absolute atomic E-state index is 13.1. The van der Waals surface area contributed by atoms with Crippen LogP contribution < -0.4 is 10.2 Å². The van der Waals surface area contributed by atoms with E-state index in [9.17, 15) is 9.90 Å². The van der Waals surface area contributed by atoms with Crippen LogP contribution in [-0.2, 0) is 6.61 Å². The zero-order valence-electron chi connectivity index (χ0n) is 19.7. The highest BCUT2D eigenvalue weighted by atomic mass is 16.3. The first-order chi connectivity index (χ1) is 15.9. The third-order valence-electron chi connectivity index (χ3n) is 6.56. The van der Waals surface area contributed by atoms with Gasteiger partial charge in [-0.2, -0.15) is 0 Å². The van der Waals surface area contributed by atoms with Gasteiger partial charge in [-0.1, -0.05) is 54.6 Å². The molecule has 1 amide bonds. The fraction of sp³-hybridized carbons (Fsp3) is 0.321. The summed E-state index contributed by atoms with van der Waals surface area (Å²) in [5, 5.41) is 12.4. The van der Waals surface area contributed by atoms with Crippen molar-refractivity contribution in [2.45, 2.75) is 26.5 Å². The number of piperazine rings is 1. The molecule has 1 heterocycles. The number of aliphatic hydroxyl groups excluding tert-OH is 1. The topological polar surface area (TPSA) is 55.8 Å². The van der Waals surface area contributed by atoms with E-state index in [2.05, 4.69) is 52.5 Å². The summed E-state index contributed by atoms with van der Waals surface area (Å²) >= 11 is 0. The number of rotatable bonds is 6. The number of anilines is 1. The van der Waals surface area contributed by atoms with E-state index in [1.807, 2.05) is 50.2 Å². The molecule has 5 nitrogen and oxygen atoms in total. The van der Waals surface area contributed by atoms with Crippen LogP contribution in [0.1, 0.15) is 40.0 Å². The summed E-state index contributed by atoms with van der Waals surface area (Å²) in [6.45, 7) is 8.08. The summed E-state index contributed by atoms with van der Waals surface area (Å²) in [6.07, 6.45) is 0. The number of likely N-dealkylation sites (N-methyl/N-ethyl adjacent to an activating group) is 1. The number of nitrogens with one attached hydrogen (secondary N) is 1. The van der Waals surface area contributed by atoms with Gasteiger partial charge >= 0.3 is 0 Å². The first-order valence-corrected chi connectivity index (χ1v) is 11.6. The molecule has 33 heavy (non-hydrogen) atoms. The van der Waals surface area contributed by atoms with Crippen LogP contribution in [0, 0.1) is 6.92 Å². The normalized spacial score (nSPS) is 15.3. The van der Waals surface area contributed by atoms with Gasteiger partial charge in [0, 0.05) is 37.4 Å². The van der Waals surface area contributed by atoms with E-state index < -0.39 is 0 Å². The third-order valence-corrected chi connectivity index (χ3v) is 6.56. The van der Waals surface area contributed by atoms with Crippen molar-refractivity contribution in [2.24, 2.45) is 0 Å². The van der Waals surface area contributed by atoms with Gasteiger partial charge in [0.1, 0.15) is 0 Å². The predicted octanol–water partition coefficient (Wildman–Crippen LogP) is 4.40. The Kier molecular flexibility index (Phi) is 7.11. The maximum Gasteiger partial charge on any atom is 0.252 e. The molecule has 1 atom stereocenters. The lowest BCUT2D eigenvalue weighted by Crippen LogP contribution is -2.44. The fourth-order valence-electron chi connectivity index (χ4n) is 4.24. The number of nitrogens with zero attached hydrogens (tertiary/aromatic N) is 2. The molecule has 0 radical (unpaired) electrons. The highest BCUT2D eigenvalue weighted by Gasteiger charge is 2.18. The number of benzene rings is 3. The van der Waals surface area contributed by atoms with Gasteiger partial charge in [0.15, 0.2) is 0 Å². The summed E-state index contributed by atoms with van der Waals surface area (Å²) in [5.41, 5.74) is 7.01. The van der Waals surface area contributed by atoms with Crippen molar-refractivity contribution in [3.8, 4) is 11.1 Å². The molecule has 0 bridgehead atoms. The highest BCUT2D eigenvalue weighted by Crippen LogP contribution is 2.24. The van der Waals surface area contributed by atoms with Crippen LogP contribution in [0.15, 0.2) is 66.7 Å². The molecule has 1 aliphatic rings. The molecule has 172 valence electrons. The van der Waals surface area contributed by atoms with Gasteiger partial charge in [-0.15, -0.1) is 0 Å². The molecular weight excluding hydrogens is 410 g/mol. The van der Waals surface area contributed by atoms with Crippen molar-refractivity contribution in [2.75, 3.05) is 38.1 Å². The van der Waals surface area contributed by atoms with Crippen LogP contribution in [0.2, 0.25) is 0 Å². The average molecular weight is 444 g/mol. The van der Waals surface area contributed by atoms with E-state index in [0.717, 1.165) is 65.2 Å². The molecule has 0 saturated carbocycles. The van der Waals surface area contributed by atoms with Crippen LogP contribution in [0.4, 0.5) is 5.69 Å². The van der Waals surface area contributed by atoms with E-state index in [1.54, 1.807) is 0 Å². The number of carbonyl (C=O) groups is 1. The summed E-state index contributed by atoms with van der Waals surface area (Å²) in [7, 11) is 2.15. The van der Waals surface area contributed by atoms with E-state index >= 15 is 0 Å². The van der Waals surface area contributed by atoms with Gasteiger partial charge in [0.2, 0.25) is 0 Å². The minimum atomic E-state index is -0.102. The molecule has 4 rings (SSSR count). The second-order valence-corrected chi connectivity index (χ2v) is 8.96. The predicted molar refractivity (Wildman–Crippen MR) is 135 cm³/mol. The molecule has 0 aliphatic carbocycles. The first kappa shape index (κ1) is 23.0. The van der Waals surface area contributed by atoms with Crippen LogP contribution in [-0.4, -0.2) is 49.1 Å². The zero-order valence-corrected chi connectivity index (χ0v) is 19.7. The lowest BCUT2D eigenvalue weighted by molar-refractivity contribution is 0.0939. The summed E-state index contributed by atoms with van der Waals surface area (Å²) < 4.78 is 0. The summed E-state index contributed by atoms with van der Waals surface area (Å²) in [6, 6.07) is 22.3. The number of hydrogen-bond acceptors (Lipinski definition) is 4. The molecule has 0 unspecified atom stereocenters. The van der Waals surface area contributed by atoms with Gasteiger partial charge in [-0.05, 0) is 60.8 Å². The number of carbonyl (C=O) groups excluding carboxylic acids is 1. The minimum Gasteiger partial charge on any atom is -0.392 e. The lowest BCUT2D eigenvalue weighted by atomic mass is 10.00. The molecule has 5 heteroatoms. The molecule has 2 N–H and O–H groups in total. The minimum absolute atomic E-state index is 0.0420. The molecule has 1 saturated heterocycles. The van der Waals surface area contributed by atoms with Crippen molar-refractivity contribution >= 4 is 11.6 Å². The second-order valence-electron chi connectivity index (χ2n) is 8.96. The molecular formula is C28H33N3O2. The van der Waals surface area contributed by atoms with E-state index in [-0.39, 0.29) is 18.6 Å². The fourth-order valence-corrected chi connectivity index (χ4v) is 4.24. The summed E-state index contributed by atoms with van der Waals surface area (Å²) in [4.78, 5) is 17.8. The van der Waals surface area contributed by atoms with Crippen LogP contribution in [0.25, 0.3) is 11.1 Å². The quantitative estimate of drug-likeness (QED) is 0.593. The van der Waals surface area contributed by atoms with Gasteiger partial charge in [0.25, 0.3) is 5.91 Å². The van der Waals surface area contributed by atoms with Gasteiger partial charge < -0.3 is 20.2 Å². The van der Waals surface area contributed by atoms with Gasteiger partial charge in [-0.25, -0.2) is 0 Å². The largest absolute Gasteiger partial charge is 0.392 e. The Labute approximate surface area is 196 Å². The Morgan fingerprint density at radius 2 is 1.55 bits per heavy atom. The van der Waals surface area contributed by atoms with Crippen molar-refractivity contribution in [1.29, 1.82) is 0 Å². The highest BCUT2D eigenvalue weighted by molar-refractivity contribution is 5.96. The Hall–Kier alpha value is -3.15. The van der Waals surface area contributed by atoms with Crippen LogP contribution >= 0.6 is 0 Å². The monoisotopic (exact) mass is 443 g/mol. The Balaban J connectivity index is 1.44. The molecule has 0 aromatic heterocycles. The number of aryl methyl sites for hydroxylation is 1. The van der Waals surface area contributed by atoms with Crippen molar-refractivity contribution in [3.05, 3.63) is 89.0 Å². The third kappa shape index (κ3) is 5.44. The van der Waals surface area contributed by atoms with E-state index in [0.29, 0.717) is 0 Å². The molecule has 0 spiro atoms. The summed E-state index contributed by atoms with van der Waals surface area (Å²) in [5.74, 6) is -0.0420. The van der Waals surface area contributed by atoms with Crippen molar-refractivity contribution in [1.82, 2.24) is 10.2 Å². The van der Waals surface area contributed by atoms with Crippen LogP contribution in [0.3, 0.4) is 0 Å². The molecule has 1 fully saturated rings. The van der Waals surface area contributed by atoms with E-state index in [1.165, 1.54) is 0 Å². The van der Waals surface area contributed by atoms with Crippen molar-refractivity contribution in [3.63, 3.8) is 0 Å². The molecule has 3 aromatic rings. The number of hydrogen-bond donors (Lipinski definition) is 2. The van der Waals surface area contributed by atoms with Crippen LogP contribution in [0.5, 0.6) is 0 Å². The lowest BCUT2D eigenvalue weighted by Gasteiger charge is -2.34. The zero-order chi connectivity index (χ0) is 23.4. The molecule has 1 aliphatic heterocycles. The van der Waals surface area contributed by atoms with E-state index in [4.69, 9.17) is 0 Å². The van der Waals surface area contributed by atoms with Gasteiger partial charge in [0.05, 0.1) is 12.6 Å². The number of amides is 1. The Morgan fingerprint density at radius 3 is 2.15 bits per heavy atom. The first-order valence-electron chi connectivity index (χ1n) is 11.6. The standard InChI is InChI=1S/C28H33N3O2/c1-20-4-13-26(31-16-14-30(3)15-17-31)18-27(20)28(33)29-21(2)23-9-11-25(12-10-23)24-7-5-22(19-32)6-8-24/h4-13,18,21,32H,14-17,19H2,1-3H3,(H,29,33)/t21-/m1/s1. The smallest absolute Gasteiger partial charge is 0.252 e. The SMILES string of the molecule is Cc1ccc(N2CCN(C)CC2)cc1C(=O)N[C@H](C)c1ccc(-c2ccc(CO)cc2)cc1.